The predicted molar refractivity (Wildman–Crippen MR) is 54.9 cm³/mol. The molecule has 0 aliphatic rings. The number of carboxylic acid groups (broad SMARTS) is 1. The van der Waals surface area contributed by atoms with Gasteiger partial charge in [0.1, 0.15) is 0 Å². The quantitative estimate of drug-likeness (QED) is 0.383. The highest BCUT2D eigenvalue weighted by molar-refractivity contribution is 7.87. The van der Waals surface area contributed by atoms with Gasteiger partial charge in [-0.25, -0.2) is 0 Å². The van der Waals surface area contributed by atoms with Crippen molar-refractivity contribution in [3.8, 4) is 0 Å². The molecule has 96 valence electrons. The molecule has 0 bridgehead atoms. The Morgan fingerprint density at radius 3 is 2.50 bits per heavy atom. The normalized spacial score (nSPS) is 14.0. The van der Waals surface area contributed by atoms with E-state index in [1.807, 2.05) is 4.72 Å². The van der Waals surface area contributed by atoms with E-state index in [1.165, 1.54) is 7.05 Å². The highest BCUT2D eigenvalue weighted by atomic mass is 32.2. The third kappa shape index (κ3) is 5.98. The molecule has 9 heteroatoms. The monoisotopic (exact) mass is 256 g/mol. The van der Waals surface area contributed by atoms with Gasteiger partial charge in [0, 0.05) is 20.1 Å². The van der Waals surface area contributed by atoms with E-state index in [0.717, 1.165) is 4.31 Å². The van der Waals surface area contributed by atoms with Crippen LogP contribution in [0, 0.1) is 0 Å². The molecule has 0 aromatic carbocycles. The summed E-state index contributed by atoms with van der Waals surface area (Å²) in [6.45, 7) is -1.04. The van der Waals surface area contributed by atoms with E-state index in [1.54, 1.807) is 0 Å². The minimum absolute atomic E-state index is 0.167. The molecule has 0 radical (unpaired) electrons. The average Bonchev–Trinajstić information content (AvgIpc) is 2.22. The summed E-state index contributed by atoms with van der Waals surface area (Å²) in [6, 6.07) is 0. The highest BCUT2D eigenvalue weighted by Crippen LogP contribution is 1.96. The van der Waals surface area contributed by atoms with Crippen LogP contribution in [0.25, 0.3) is 0 Å². The summed E-state index contributed by atoms with van der Waals surface area (Å²) >= 11 is 0. The summed E-state index contributed by atoms with van der Waals surface area (Å²) < 4.78 is 25.6. The van der Waals surface area contributed by atoms with E-state index in [-0.39, 0.29) is 19.5 Å². The third-order valence-electron chi connectivity index (χ3n) is 1.76. The smallest absolute Gasteiger partial charge is 0.304 e. The Morgan fingerprint density at radius 1 is 1.50 bits per heavy atom. The lowest BCUT2D eigenvalue weighted by molar-refractivity contribution is -0.137. The first-order chi connectivity index (χ1) is 7.29. The molecule has 0 saturated carbocycles. The van der Waals surface area contributed by atoms with Crippen molar-refractivity contribution < 1.29 is 28.5 Å². The number of aliphatic carboxylic acids is 1. The number of nitrogens with zero attached hydrogens (tertiary/aromatic N) is 1. The Bertz CT molecular complexity index is 317. The van der Waals surface area contributed by atoms with Gasteiger partial charge in [0.25, 0.3) is 10.2 Å². The summed E-state index contributed by atoms with van der Waals surface area (Å²) in [7, 11) is -2.59. The van der Waals surface area contributed by atoms with Crippen LogP contribution < -0.4 is 4.72 Å². The van der Waals surface area contributed by atoms with Gasteiger partial charge in [0.15, 0.2) is 0 Å². The molecule has 0 rings (SSSR count). The van der Waals surface area contributed by atoms with Crippen LogP contribution in [-0.4, -0.2) is 66.9 Å². The molecule has 0 heterocycles. The Morgan fingerprint density at radius 2 is 2.06 bits per heavy atom. The van der Waals surface area contributed by atoms with Gasteiger partial charge in [0.2, 0.25) is 0 Å². The summed E-state index contributed by atoms with van der Waals surface area (Å²) in [5.74, 6) is -1.10. The maximum absolute atomic E-state index is 11.4. The minimum atomic E-state index is -3.81. The molecular formula is C7H16N2O6S. The molecular weight excluding hydrogens is 240 g/mol. The maximum atomic E-state index is 11.4. The molecule has 0 aromatic heterocycles. The van der Waals surface area contributed by atoms with E-state index in [9.17, 15) is 13.2 Å². The summed E-state index contributed by atoms with van der Waals surface area (Å²) in [5.41, 5.74) is 0. The van der Waals surface area contributed by atoms with Crippen molar-refractivity contribution in [2.75, 3.05) is 26.7 Å². The Labute approximate surface area is 93.7 Å². The number of aliphatic hydroxyl groups excluding tert-OH is 2. The zero-order chi connectivity index (χ0) is 12.8. The minimum Gasteiger partial charge on any atom is -0.481 e. The first-order valence-electron chi connectivity index (χ1n) is 4.51. The first kappa shape index (κ1) is 15.3. The van der Waals surface area contributed by atoms with Gasteiger partial charge in [-0.05, 0) is 0 Å². The van der Waals surface area contributed by atoms with Crippen molar-refractivity contribution in [3.63, 3.8) is 0 Å². The number of carboxylic acids is 1. The molecule has 16 heavy (non-hydrogen) atoms. The van der Waals surface area contributed by atoms with Crippen molar-refractivity contribution in [3.05, 3.63) is 0 Å². The van der Waals surface area contributed by atoms with E-state index < -0.39 is 28.9 Å². The molecule has 0 spiro atoms. The lowest BCUT2D eigenvalue weighted by Crippen LogP contribution is -2.43. The number of carbonyl (C=O) groups is 1. The van der Waals surface area contributed by atoms with Crippen molar-refractivity contribution in [1.29, 1.82) is 0 Å². The standard InChI is InChI=1S/C7H16N2O6S/c1-9(3-2-7(12)13)16(14,15)8-4-6(11)5-10/h6,8,10-11H,2-5H2,1H3,(H,12,13). The van der Waals surface area contributed by atoms with Crippen LogP contribution in [-0.2, 0) is 15.0 Å². The molecule has 4 N–H and O–H groups in total. The Hall–Kier alpha value is -0.740. The molecule has 0 saturated heterocycles. The van der Waals surface area contributed by atoms with Gasteiger partial charge < -0.3 is 15.3 Å². The maximum Gasteiger partial charge on any atom is 0.304 e. The van der Waals surface area contributed by atoms with Crippen LogP contribution in [0.5, 0.6) is 0 Å². The molecule has 0 aromatic rings. The van der Waals surface area contributed by atoms with Gasteiger partial charge in [-0.1, -0.05) is 0 Å². The van der Waals surface area contributed by atoms with Crippen LogP contribution in [0.2, 0.25) is 0 Å². The number of hydrogen-bond donors (Lipinski definition) is 4. The summed E-state index contributed by atoms with van der Waals surface area (Å²) in [5, 5.41) is 25.8. The molecule has 0 amide bonds. The second-order valence-electron chi connectivity index (χ2n) is 3.16. The summed E-state index contributed by atoms with van der Waals surface area (Å²) in [4.78, 5) is 10.2. The van der Waals surface area contributed by atoms with Crippen LogP contribution in [0.15, 0.2) is 0 Å². The molecule has 1 unspecified atom stereocenters. The Balaban J connectivity index is 4.16. The van der Waals surface area contributed by atoms with E-state index in [0.29, 0.717) is 0 Å². The van der Waals surface area contributed by atoms with Crippen LogP contribution >= 0.6 is 0 Å². The third-order valence-corrected chi connectivity index (χ3v) is 3.30. The summed E-state index contributed by atoms with van der Waals surface area (Å²) in [6.07, 6.45) is -1.48. The van der Waals surface area contributed by atoms with Crippen LogP contribution in [0.4, 0.5) is 0 Å². The molecule has 1 atom stereocenters. The van der Waals surface area contributed by atoms with Crippen LogP contribution in [0.1, 0.15) is 6.42 Å². The van der Waals surface area contributed by atoms with Gasteiger partial charge in [-0.15, -0.1) is 0 Å². The lowest BCUT2D eigenvalue weighted by Gasteiger charge is -2.17. The fraction of sp³-hybridized carbons (Fsp3) is 0.857. The van der Waals surface area contributed by atoms with Gasteiger partial charge >= 0.3 is 5.97 Å². The Kier molecular flexibility index (Phi) is 6.45. The number of nitrogens with one attached hydrogen (secondary N) is 1. The van der Waals surface area contributed by atoms with Crippen molar-refractivity contribution in [2.45, 2.75) is 12.5 Å². The molecule has 0 fully saturated rings. The van der Waals surface area contributed by atoms with E-state index in [2.05, 4.69) is 0 Å². The molecule has 0 aliphatic heterocycles. The van der Waals surface area contributed by atoms with E-state index in [4.69, 9.17) is 15.3 Å². The highest BCUT2D eigenvalue weighted by Gasteiger charge is 2.18. The first-order valence-corrected chi connectivity index (χ1v) is 5.95. The van der Waals surface area contributed by atoms with Gasteiger partial charge in [-0.2, -0.15) is 17.4 Å². The largest absolute Gasteiger partial charge is 0.481 e. The second kappa shape index (κ2) is 6.76. The molecule has 0 aliphatic carbocycles. The zero-order valence-electron chi connectivity index (χ0n) is 8.83. The second-order valence-corrected chi connectivity index (χ2v) is 5.02. The average molecular weight is 256 g/mol. The van der Waals surface area contributed by atoms with E-state index >= 15 is 0 Å². The number of aliphatic hydroxyl groups is 2. The van der Waals surface area contributed by atoms with Crippen LogP contribution in [0.3, 0.4) is 0 Å². The topological polar surface area (TPSA) is 127 Å². The lowest BCUT2D eigenvalue weighted by atomic mass is 10.4. The fourth-order valence-corrected chi connectivity index (χ4v) is 1.70. The van der Waals surface area contributed by atoms with Crippen molar-refractivity contribution in [1.82, 2.24) is 9.03 Å². The predicted octanol–water partition coefficient (Wildman–Crippen LogP) is -2.42. The SMILES string of the molecule is CN(CCC(=O)O)S(=O)(=O)NCC(O)CO. The number of rotatable bonds is 8. The zero-order valence-corrected chi connectivity index (χ0v) is 9.64. The van der Waals surface area contributed by atoms with Gasteiger partial charge in [0.05, 0.1) is 19.1 Å². The fourth-order valence-electron chi connectivity index (χ4n) is 0.750. The van der Waals surface area contributed by atoms with Crippen molar-refractivity contribution in [2.24, 2.45) is 0 Å². The molecule has 8 nitrogen and oxygen atoms in total. The van der Waals surface area contributed by atoms with Gasteiger partial charge in [-0.3, -0.25) is 4.79 Å². The van der Waals surface area contributed by atoms with Crippen molar-refractivity contribution >= 4 is 16.2 Å². The number of hydrogen-bond acceptors (Lipinski definition) is 5.